The Labute approximate surface area is 145 Å². The topological polar surface area (TPSA) is 41.5 Å². The Balaban J connectivity index is 2.78. The van der Waals surface area contributed by atoms with E-state index >= 15 is 0 Å². The van der Waals surface area contributed by atoms with Crippen LogP contribution in [0.25, 0.3) is 0 Å². The number of nitrogens with one attached hydrogen (secondary N) is 1. The molecule has 0 unspecified atom stereocenters. The van der Waals surface area contributed by atoms with Gasteiger partial charge in [0, 0.05) is 17.1 Å². The Morgan fingerprint density at radius 3 is 2.00 bits per heavy atom. The number of hydrogen-bond donors (Lipinski definition) is 2. The SMILES string of the molecule is Cc1c(Br)c(C)c(Br)c(OC[C@@H](O)CNC(C)C)c1Br. The van der Waals surface area contributed by atoms with Gasteiger partial charge in [0.25, 0.3) is 0 Å². The Hall–Kier alpha value is 0.380. The predicted molar refractivity (Wildman–Crippen MR) is 93.7 cm³/mol. The van der Waals surface area contributed by atoms with Crippen LogP contribution in [0.2, 0.25) is 0 Å². The molecule has 1 aromatic carbocycles. The molecule has 1 aromatic rings. The molecule has 0 spiro atoms. The minimum absolute atomic E-state index is 0.247. The molecule has 6 heteroatoms. The molecule has 114 valence electrons. The molecule has 1 rings (SSSR count). The second-order valence-electron chi connectivity index (χ2n) is 5.05. The van der Waals surface area contributed by atoms with Crippen molar-refractivity contribution in [3.8, 4) is 5.75 Å². The smallest absolute Gasteiger partial charge is 0.148 e. The lowest BCUT2D eigenvalue weighted by Gasteiger charge is -2.19. The highest BCUT2D eigenvalue weighted by Crippen LogP contribution is 2.43. The van der Waals surface area contributed by atoms with Gasteiger partial charge in [0.2, 0.25) is 0 Å². The van der Waals surface area contributed by atoms with Gasteiger partial charge in [0.15, 0.2) is 0 Å². The molecule has 0 amide bonds. The second-order valence-corrected chi connectivity index (χ2v) is 7.43. The number of aliphatic hydroxyl groups excluding tert-OH is 1. The Kier molecular flexibility index (Phi) is 7.49. The first kappa shape index (κ1) is 18.4. The summed E-state index contributed by atoms with van der Waals surface area (Å²) in [5.74, 6) is 0.729. The van der Waals surface area contributed by atoms with E-state index in [2.05, 4.69) is 53.1 Å². The quantitative estimate of drug-likeness (QED) is 0.646. The highest BCUT2D eigenvalue weighted by Gasteiger charge is 2.17. The van der Waals surface area contributed by atoms with E-state index in [-0.39, 0.29) is 6.61 Å². The average Bonchev–Trinajstić information content (AvgIpc) is 2.40. The number of aliphatic hydroxyl groups is 1. The zero-order valence-corrected chi connectivity index (χ0v) is 16.8. The summed E-state index contributed by atoms with van der Waals surface area (Å²) in [5, 5.41) is 13.1. The summed E-state index contributed by atoms with van der Waals surface area (Å²) in [5.41, 5.74) is 2.16. The van der Waals surface area contributed by atoms with Gasteiger partial charge in [0.1, 0.15) is 18.5 Å². The maximum absolute atomic E-state index is 9.91. The predicted octanol–water partition coefficient (Wildman–Crippen LogP) is 4.33. The van der Waals surface area contributed by atoms with Crippen LogP contribution in [-0.2, 0) is 0 Å². The van der Waals surface area contributed by atoms with E-state index in [1.54, 1.807) is 0 Å². The van der Waals surface area contributed by atoms with Crippen LogP contribution in [-0.4, -0.2) is 30.4 Å². The third-order valence-electron chi connectivity index (χ3n) is 2.90. The first-order chi connectivity index (χ1) is 9.25. The first-order valence-electron chi connectivity index (χ1n) is 6.43. The summed E-state index contributed by atoms with van der Waals surface area (Å²) in [6, 6.07) is 0.347. The van der Waals surface area contributed by atoms with Crippen LogP contribution in [0.3, 0.4) is 0 Å². The van der Waals surface area contributed by atoms with Gasteiger partial charge in [-0.15, -0.1) is 0 Å². The number of ether oxygens (including phenoxy) is 1. The highest BCUT2D eigenvalue weighted by molar-refractivity contribution is 9.11. The minimum atomic E-state index is -0.541. The monoisotopic (exact) mass is 471 g/mol. The largest absolute Gasteiger partial charge is 0.488 e. The van der Waals surface area contributed by atoms with Gasteiger partial charge >= 0.3 is 0 Å². The Bertz CT molecular complexity index is 449. The molecule has 0 heterocycles. The van der Waals surface area contributed by atoms with Crippen LogP contribution in [0.1, 0.15) is 25.0 Å². The van der Waals surface area contributed by atoms with Crippen LogP contribution in [0.4, 0.5) is 0 Å². The highest BCUT2D eigenvalue weighted by atomic mass is 79.9. The molecule has 0 saturated heterocycles. The molecule has 3 nitrogen and oxygen atoms in total. The average molecular weight is 474 g/mol. The van der Waals surface area contributed by atoms with Crippen molar-refractivity contribution in [2.45, 2.75) is 39.8 Å². The summed E-state index contributed by atoms with van der Waals surface area (Å²) >= 11 is 10.7. The van der Waals surface area contributed by atoms with Crippen molar-refractivity contribution in [2.24, 2.45) is 0 Å². The van der Waals surface area contributed by atoms with E-state index < -0.39 is 6.10 Å². The van der Waals surface area contributed by atoms with Gasteiger partial charge < -0.3 is 15.2 Å². The Morgan fingerprint density at radius 1 is 1.05 bits per heavy atom. The van der Waals surface area contributed by atoms with E-state index in [0.29, 0.717) is 12.6 Å². The van der Waals surface area contributed by atoms with Crippen molar-refractivity contribution in [2.75, 3.05) is 13.2 Å². The van der Waals surface area contributed by atoms with Crippen molar-refractivity contribution in [3.05, 3.63) is 24.5 Å². The van der Waals surface area contributed by atoms with Crippen molar-refractivity contribution < 1.29 is 9.84 Å². The molecule has 0 saturated carbocycles. The maximum atomic E-state index is 9.91. The summed E-state index contributed by atoms with van der Waals surface area (Å²) in [7, 11) is 0. The number of rotatable bonds is 6. The molecule has 0 aliphatic rings. The van der Waals surface area contributed by atoms with Gasteiger partial charge in [-0.05, 0) is 56.8 Å². The maximum Gasteiger partial charge on any atom is 0.148 e. The van der Waals surface area contributed by atoms with Gasteiger partial charge in [-0.3, -0.25) is 0 Å². The minimum Gasteiger partial charge on any atom is -0.488 e. The van der Waals surface area contributed by atoms with E-state index in [0.717, 1.165) is 30.3 Å². The molecule has 0 aliphatic carbocycles. The fraction of sp³-hybridized carbons (Fsp3) is 0.571. The standard InChI is InChI=1S/C14H20Br3NO2/c1-7(2)18-5-10(19)6-20-14-12(16)8(3)11(15)9(4)13(14)17/h7,10,18-19H,5-6H2,1-4H3/t10-/m0/s1. The lowest BCUT2D eigenvalue weighted by molar-refractivity contribution is 0.104. The number of halogens is 3. The lowest BCUT2D eigenvalue weighted by atomic mass is 10.1. The molecule has 1 atom stereocenters. The van der Waals surface area contributed by atoms with Crippen LogP contribution in [0.15, 0.2) is 13.4 Å². The molecule has 0 aromatic heterocycles. The van der Waals surface area contributed by atoms with Gasteiger partial charge in [-0.1, -0.05) is 29.8 Å². The third kappa shape index (κ3) is 4.70. The fourth-order valence-corrected chi connectivity index (χ4v) is 3.86. The lowest BCUT2D eigenvalue weighted by Crippen LogP contribution is -2.35. The van der Waals surface area contributed by atoms with E-state index in [9.17, 15) is 5.11 Å². The molecule has 0 radical (unpaired) electrons. The molecule has 0 bridgehead atoms. The van der Waals surface area contributed by atoms with E-state index in [4.69, 9.17) is 4.74 Å². The molecule has 0 fully saturated rings. The first-order valence-corrected chi connectivity index (χ1v) is 8.81. The summed E-state index contributed by atoms with van der Waals surface area (Å²) in [4.78, 5) is 0. The van der Waals surface area contributed by atoms with Crippen molar-refractivity contribution in [1.29, 1.82) is 0 Å². The van der Waals surface area contributed by atoms with Crippen LogP contribution in [0.5, 0.6) is 5.75 Å². The second kappa shape index (κ2) is 8.13. The molecule has 20 heavy (non-hydrogen) atoms. The molecule has 2 N–H and O–H groups in total. The summed E-state index contributed by atoms with van der Waals surface area (Å²) in [6.45, 7) is 8.87. The third-order valence-corrected chi connectivity index (χ3v) is 6.00. The van der Waals surface area contributed by atoms with Gasteiger partial charge in [-0.2, -0.15) is 0 Å². The molecule has 0 aliphatic heterocycles. The van der Waals surface area contributed by atoms with Gasteiger partial charge in [-0.25, -0.2) is 0 Å². The molecular weight excluding hydrogens is 454 g/mol. The van der Waals surface area contributed by atoms with Crippen LogP contribution >= 0.6 is 47.8 Å². The van der Waals surface area contributed by atoms with Crippen molar-refractivity contribution in [1.82, 2.24) is 5.32 Å². The summed E-state index contributed by atoms with van der Waals surface area (Å²) < 4.78 is 8.61. The zero-order chi connectivity index (χ0) is 15.4. The zero-order valence-electron chi connectivity index (χ0n) is 12.1. The Morgan fingerprint density at radius 2 is 1.55 bits per heavy atom. The fourth-order valence-electron chi connectivity index (χ4n) is 1.65. The van der Waals surface area contributed by atoms with E-state index in [1.807, 2.05) is 27.7 Å². The molecular formula is C14H20Br3NO2. The van der Waals surface area contributed by atoms with Crippen LogP contribution < -0.4 is 10.1 Å². The van der Waals surface area contributed by atoms with Gasteiger partial charge in [0.05, 0.1) is 8.95 Å². The van der Waals surface area contributed by atoms with Crippen molar-refractivity contribution in [3.63, 3.8) is 0 Å². The number of benzene rings is 1. The normalized spacial score (nSPS) is 12.8. The summed E-state index contributed by atoms with van der Waals surface area (Å²) in [6.07, 6.45) is -0.541. The van der Waals surface area contributed by atoms with Crippen molar-refractivity contribution >= 4 is 47.8 Å². The van der Waals surface area contributed by atoms with Crippen LogP contribution in [0, 0.1) is 13.8 Å². The number of hydrogen-bond acceptors (Lipinski definition) is 3. The van der Waals surface area contributed by atoms with E-state index in [1.165, 1.54) is 0 Å².